The molecule has 34 heteroatoms. The molecule has 3 heterocycles. The van der Waals surface area contributed by atoms with Crippen LogP contribution in [-0.4, -0.2) is 274 Å². The molecule has 532 valence electrons. The summed E-state index contributed by atoms with van der Waals surface area (Å²) in [4.78, 5) is 127. The van der Waals surface area contributed by atoms with E-state index in [2.05, 4.69) is 41.3 Å². The molecular weight excluding hydrogens is 1280 g/mol. The number of aromatic amines is 1. The smallest absolute Gasteiger partial charge is 0.323 e. The Bertz CT molecular complexity index is 3300. The lowest BCUT2D eigenvalue weighted by Crippen LogP contribution is -2.52. The third-order valence-corrected chi connectivity index (χ3v) is 17.1. The molecule has 96 heavy (non-hydrogen) atoms. The van der Waals surface area contributed by atoms with Crippen LogP contribution in [0.5, 0.6) is 5.75 Å². The summed E-state index contributed by atoms with van der Waals surface area (Å²) in [6, 6.07) is 5.42. The SMILES string of the molecule is Cc1cc(OCCCC(=O)NCCCOCCOCCOCCCNC(=O)C(CCCCN)NC(=O)CN2CCN(CC(=O)O)CCN(CC(=O)O)CCN(CC(=O)O)CC2)cc(C)c1S(=O)(=O)NC(CNC(=O)c1cn(C)c2cc(CNc3ncc[nH]3)ccc2c1=O)C(=O)O. The van der Waals surface area contributed by atoms with Gasteiger partial charge in [0.2, 0.25) is 33.2 Å². The fraction of sp³-hybridized carbons (Fsp3) is 0.581. The molecule has 2 aromatic carbocycles. The van der Waals surface area contributed by atoms with E-state index in [0.29, 0.717) is 115 Å². The molecule has 4 aromatic rings. The van der Waals surface area contributed by atoms with E-state index in [0.717, 1.165) is 5.56 Å². The van der Waals surface area contributed by atoms with Gasteiger partial charge in [-0.3, -0.25) is 62.8 Å². The molecule has 1 aliphatic heterocycles. The van der Waals surface area contributed by atoms with Crippen LogP contribution < -0.4 is 47.2 Å². The van der Waals surface area contributed by atoms with Crippen LogP contribution in [0.1, 0.15) is 72.0 Å². The van der Waals surface area contributed by atoms with Crippen LogP contribution in [0.3, 0.4) is 0 Å². The predicted molar refractivity (Wildman–Crippen MR) is 351 cm³/mol. The number of benzene rings is 2. The van der Waals surface area contributed by atoms with Crippen molar-refractivity contribution >= 4 is 74.4 Å². The van der Waals surface area contributed by atoms with Crippen molar-refractivity contribution in [3.63, 3.8) is 0 Å². The molecule has 2 aromatic heterocycles. The first kappa shape index (κ1) is 78.5. The lowest BCUT2D eigenvalue weighted by atomic mass is 10.1. The van der Waals surface area contributed by atoms with Gasteiger partial charge < -0.3 is 81.2 Å². The number of carboxylic acid groups (broad SMARTS) is 4. The van der Waals surface area contributed by atoms with Crippen LogP contribution in [-0.2, 0) is 71.4 Å². The number of imidazole rings is 1. The highest BCUT2D eigenvalue weighted by atomic mass is 32.2. The maximum absolute atomic E-state index is 13.7. The summed E-state index contributed by atoms with van der Waals surface area (Å²) < 4.78 is 53.7. The number of aromatic nitrogens is 3. The van der Waals surface area contributed by atoms with Gasteiger partial charge >= 0.3 is 23.9 Å². The summed E-state index contributed by atoms with van der Waals surface area (Å²) in [5, 5.41) is 52.8. The van der Waals surface area contributed by atoms with E-state index >= 15 is 0 Å². The van der Waals surface area contributed by atoms with Gasteiger partial charge in [-0.15, -0.1) is 0 Å². The second-order valence-electron chi connectivity index (χ2n) is 23.1. The molecular formula is C62H94N14O19S. The standard InChI is InChI=1S/C62H94N14O19S/c1-43-33-46(34-44(2)58(43)96(90,91)71-50(61(88)89)37-68-59(86)48-38-72(3)51-35-45(11-12-47(51)57(48)85)36-69-62-66-16-17-67-62)95-28-6-10-52(77)64-14-7-26-92-29-31-94-32-30-93-27-8-15-65-60(87)49(9-4-5-13-63)70-53(78)39-73-18-20-74(40-54(79)80)22-24-76(42-56(83)84)25-23-75(21-19-73)41-55(81)82/h11-12,16-17,33-35,38,49-50,71H,4-10,13-15,18-32,36-37,39-42,63H2,1-3H3,(H,64,77)(H,65,87)(H,68,86)(H,70,78)(H,79,80)(H,81,82)(H,83,84)(H,88,89)(H2,66,67,69). The van der Waals surface area contributed by atoms with Gasteiger partial charge in [-0.2, -0.15) is 4.72 Å². The van der Waals surface area contributed by atoms with Gasteiger partial charge in [0.05, 0.1) is 69.6 Å². The number of rotatable bonds is 43. The van der Waals surface area contributed by atoms with Gasteiger partial charge in [-0.1, -0.05) is 6.07 Å². The van der Waals surface area contributed by atoms with Crippen LogP contribution in [0.25, 0.3) is 10.9 Å². The van der Waals surface area contributed by atoms with Gasteiger partial charge in [-0.05, 0) is 99.9 Å². The van der Waals surface area contributed by atoms with Crippen molar-refractivity contribution in [3.8, 4) is 5.75 Å². The van der Waals surface area contributed by atoms with Crippen LogP contribution in [0.4, 0.5) is 5.95 Å². The summed E-state index contributed by atoms with van der Waals surface area (Å²) in [5.41, 5.74) is 6.76. The maximum atomic E-state index is 13.7. The number of nitrogens with two attached hydrogens (primary N) is 1. The second kappa shape index (κ2) is 41.7. The molecule has 0 bridgehead atoms. The first-order valence-electron chi connectivity index (χ1n) is 31.9. The normalized spacial score (nSPS) is 14.6. The van der Waals surface area contributed by atoms with E-state index in [4.69, 9.17) is 24.7 Å². The molecule has 2 atom stereocenters. The minimum Gasteiger partial charge on any atom is -0.494 e. The average Bonchev–Trinajstić information content (AvgIpc) is 0.809. The quantitative estimate of drug-likeness (QED) is 0.0236. The van der Waals surface area contributed by atoms with E-state index < -0.39 is 69.8 Å². The Morgan fingerprint density at radius 2 is 1.22 bits per heavy atom. The number of unbranched alkanes of at least 4 members (excludes halogenated alkanes) is 1. The van der Waals surface area contributed by atoms with E-state index in [-0.39, 0.29) is 137 Å². The molecule has 1 aliphatic rings. The van der Waals surface area contributed by atoms with E-state index in [1.807, 2.05) is 0 Å². The van der Waals surface area contributed by atoms with Crippen molar-refractivity contribution in [2.75, 3.05) is 156 Å². The highest BCUT2D eigenvalue weighted by Crippen LogP contribution is 2.26. The Morgan fingerprint density at radius 1 is 0.667 bits per heavy atom. The summed E-state index contributed by atoms with van der Waals surface area (Å²) in [7, 11) is -2.82. The Morgan fingerprint density at radius 3 is 1.75 bits per heavy atom. The number of sulfonamides is 1. The zero-order chi connectivity index (χ0) is 70.0. The molecule has 0 radical (unpaired) electrons. The van der Waals surface area contributed by atoms with Crippen molar-refractivity contribution in [1.29, 1.82) is 0 Å². The third kappa shape index (κ3) is 28.6. The number of anilines is 1. The van der Waals surface area contributed by atoms with Crippen LogP contribution in [0.15, 0.2) is 58.6 Å². The number of nitrogens with one attached hydrogen (secondary N) is 7. The minimum absolute atomic E-state index is 0.142. The molecule has 33 nitrogen and oxygen atoms in total. The van der Waals surface area contributed by atoms with Gasteiger partial charge in [0.15, 0.2) is 5.95 Å². The van der Waals surface area contributed by atoms with E-state index in [1.54, 1.807) is 61.8 Å². The van der Waals surface area contributed by atoms with Crippen molar-refractivity contribution < 1.29 is 86.1 Å². The number of fused-ring (bicyclic) bond motifs is 1. The maximum Gasteiger partial charge on any atom is 0.323 e. The number of carbonyl (C=O) groups excluding carboxylic acids is 4. The number of hydrogen-bond acceptors (Lipinski definition) is 22. The molecule has 0 aliphatic carbocycles. The van der Waals surface area contributed by atoms with Crippen molar-refractivity contribution in [1.82, 2.24) is 60.1 Å². The van der Waals surface area contributed by atoms with E-state index in [9.17, 15) is 72.0 Å². The molecule has 5 rings (SSSR count). The molecule has 0 spiro atoms. The Labute approximate surface area is 557 Å². The van der Waals surface area contributed by atoms with Gasteiger partial charge in [0.25, 0.3) is 5.91 Å². The largest absolute Gasteiger partial charge is 0.494 e. The lowest BCUT2D eigenvalue weighted by Gasteiger charge is -2.33. The van der Waals surface area contributed by atoms with Crippen LogP contribution in [0, 0.1) is 13.8 Å². The highest BCUT2D eigenvalue weighted by Gasteiger charge is 2.30. The fourth-order valence-corrected chi connectivity index (χ4v) is 12.1. The molecule has 4 amide bonds. The number of aliphatic carboxylic acids is 4. The lowest BCUT2D eigenvalue weighted by molar-refractivity contribution is -0.140. The number of amides is 4. The number of H-pyrrole nitrogens is 1. The number of pyridine rings is 1. The summed E-state index contributed by atoms with van der Waals surface area (Å²) in [6.45, 7) is 6.81. The molecule has 13 N–H and O–H groups in total. The summed E-state index contributed by atoms with van der Waals surface area (Å²) in [5.74, 6) is -5.75. The number of carboxylic acids is 4. The zero-order valence-electron chi connectivity index (χ0n) is 54.8. The number of aryl methyl sites for hydroxylation is 3. The zero-order valence-corrected chi connectivity index (χ0v) is 55.6. The Balaban J connectivity index is 0.912. The molecule has 0 saturated carbocycles. The first-order valence-corrected chi connectivity index (χ1v) is 33.4. The van der Waals surface area contributed by atoms with Crippen LogP contribution >= 0.6 is 0 Å². The van der Waals surface area contributed by atoms with Crippen molar-refractivity contribution in [3.05, 3.63) is 81.4 Å². The van der Waals surface area contributed by atoms with Gasteiger partial charge in [0, 0.05) is 129 Å². The van der Waals surface area contributed by atoms with Crippen molar-refractivity contribution in [2.24, 2.45) is 12.8 Å². The Hall–Kier alpha value is -8.19. The topological polar surface area (TPSA) is 450 Å². The third-order valence-electron chi connectivity index (χ3n) is 15.3. The fourth-order valence-electron chi connectivity index (χ4n) is 10.4. The van der Waals surface area contributed by atoms with Gasteiger partial charge in [-0.25, -0.2) is 13.4 Å². The summed E-state index contributed by atoms with van der Waals surface area (Å²) >= 11 is 0. The number of nitrogens with zero attached hydrogens (tertiary/aromatic N) is 6. The predicted octanol–water partition coefficient (Wildman–Crippen LogP) is -1.04. The van der Waals surface area contributed by atoms with Gasteiger partial charge in [0.1, 0.15) is 23.4 Å². The number of carbonyl (C=O) groups is 8. The second-order valence-corrected chi connectivity index (χ2v) is 24.7. The number of ether oxygens (including phenoxy) is 4. The first-order chi connectivity index (χ1) is 45.9. The Kier molecular flexibility index (Phi) is 34.1. The molecule has 2 unspecified atom stereocenters. The highest BCUT2D eigenvalue weighted by molar-refractivity contribution is 7.89. The molecule has 1 fully saturated rings. The van der Waals surface area contributed by atoms with Crippen LogP contribution in [0.2, 0.25) is 0 Å². The number of hydrogen-bond donors (Lipinski definition) is 12. The molecule has 1 saturated heterocycles. The average molecular weight is 1370 g/mol. The monoisotopic (exact) mass is 1370 g/mol. The minimum atomic E-state index is -4.47. The van der Waals surface area contributed by atoms with Crippen molar-refractivity contribution in [2.45, 2.75) is 82.3 Å². The van der Waals surface area contributed by atoms with E-state index in [1.165, 1.54) is 32.2 Å². The summed E-state index contributed by atoms with van der Waals surface area (Å²) in [6.07, 6.45) is 7.72.